The van der Waals surface area contributed by atoms with Crippen molar-refractivity contribution in [3.63, 3.8) is 0 Å². The van der Waals surface area contributed by atoms with E-state index in [1.807, 2.05) is 6.92 Å². The highest BCUT2D eigenvalue weighted by Gasteiger charge is 2.46. The first-order valence-corrected chi connectivity index (χ1v) is 8.07. The fourth-order valence-electron chi connectivity index (χ4n) is 4.00. The minimum absolute atomic E-state index is 0.0114. The van der Waals surface area contributed by atoms with Gasteiger partial charge in [0.1, 0.15) is 0 Å². The van der Waals surface area contributed by atoms with Crippen molar-refractivity contribution < 1.29 is 14.3 Å². The third-order valence-electron chi connectivity index (χ3n) is 5.14. The molecule has 0 radical (unpaired) electrons. The van der Waals surface area contributed by atoms with Gasteiger partial charge >= 0.3 is 5.97 Å². The zero-order valence-electron chi connectivity index (χ0n) is 13.2. The van der Waals surface area contributed by atoms with Crippen molar-refractivity contribution in [2.45, 2.75) is 52.0 Å². The number of carbonyl (C=O) groups is 1. The SMILES string of the molecule is CCOC(=O)CC1(N2CCOCC2)CCC(C)CC1C. The standard InChI is InChI=1S/C16H29NO3/c1-4-20-15(18)12-16(17-7-9-19-10-8-17)6-5-13(2)11-14(16)3/h13-14H,4-12H2,1-3H3. The minimum atomic E-state index is -0.0413. The molecule has 1 aliphatic carbocycles. The fourth-order valence-corrected chi connectivity index (χ4v) is 4.00. The van der Waals surface area contributed by atoms with E-state index in [1.165, 1.54) is 12.8 Å². The molecule has 0 aromatic carbocycles. The molecule has 0 bridgehead atoms. The van der Waals surface area contributed by atoms with E-state index in [-0.39, 0.29) is 11.5 Å². The molecule has 2 fully saturated rings. The second-order valence-corrected chi connectivity index (χ2v) is 6.47. The summed E-state index contributed by atoms with van der Waals surface area (Å²) in [5.74, 6) is 1.26. The normalized spacial score (nSPS) is 35.8. The summed E-state index contributed by atoms with van der Waals surface area (Å²) in [4.78, 5) is 14.6. The van der Waals surface area contributed by atoms with Crippen LogP contribution in [0.25, 0.3) is 0 Å². The zero-order valence-corrected chi connectivity index (χ0v) is 13.2. The lowest BCUT2D eigenvalue weighted by atomic mass is 9.67. The Morgan fingerprint density at radius 3 is 2.65 bits per heavy atom. The summed E-state index contributed by atoms with van der Waals surface area (Å²) in [6, 6.07) is 0. The molecule has 4 heteroatoms. The third kappa shape index (κ3) is 3.34. The molecule has 0 amide bonds. The molecule has 1 heterocycles. The first-order chi connectivity index (χ1) is 9.58. The van der Waals surface area contributed by atoms with Gasteiger partial charge in [-0.2, -0.15) is 0 Å². The number of morpholine rings is 1. The van der Waals surface area contributed by atoms with Crippen LogP contribution in [0.1, 0.15) is 46.5 Å². The van der Waals surface area contributed by atoms with Gasteiger partial charge in [0, 0.05) is 18.6 Å². The summed E-state index contributed by atoms with van der Waals surface area (Å²) in [6.45, 7) is 10.4. The van der Waals surface area contributed by atoms with Crippen LogP contribution in [0, 0.1) is 11.8 Å². The van der Waals surface area contributed by atoms with Gasteiger partial charge in [0.15, 0.2) is 0 Å². The highest BCUT2D eigenvalue weighted by molar-refractivity contribution is 5.71. The smallest absolute Gasteiger partial charge is 0.307 e. The number of rotatable bonds is 4. The van der Waals surface area contributed by atoms with Crippen LogP contribution in [0.3, 0.4) is 0 Å². The van der Waals surface area contributed by atoms with Gasteiger partial charge < -0.3 is 9.47 Å². The number of hydrogen-bond donors (Lipinski definition) is 0. The molecule has 3 atom stereocenters. The van der Waals surface area contributed by atoms with Gasteiger partial charge in [0.05, 0.1) is 26.2 Å². The van der Waals surface area contributed by atoms with Crippen LogP contribution in [0.5, 0.6) is 0 Å². The Morgan fingerprint density at radius 2 is 2.05 bits per heavy atom. The van der Waals surface area contributed by atoms with Gasteiger partial charge in [0.25, 0.3) is 0 Å². The number of hydrogen-bond acceptors (Lipinski definition) is 4. The summed E-state index contributed by atoms with van der Waals surface area (Å²) < 4.78 is 10.7. The molecule has 20 heavy (non-hydrogen) atoms. The van der Waals surface area contributed by atoms with Gasteiger partial charge in [-0.1, -0.05) is 13.8 Å². The van der Waals surface area contributed by atoms with E-state index in [1.54, 1.807) is 0 Å². The van der Waals surface area contributed by atoms with E-state index in [2.05, 4.69) is 18.7 Å². The van der Waals surface area contributed by atoms with Gasteiger partial charge in [0.2, 0.25) is 0 Å². The Hall–Kier alpha value is -0.610. The lowest BCUT2D eigenvalue weighted by Gasteiger charge is -2.52. The molecule has 1 aliphatic heterocycles. The van der Waals surface area contributed by atoms with Crippen molar-refractivity contribution >= 4 is 5.97 Å². The molecule has 116 valence electrons. The van der Waals surface area contributed by atoms with E-state index in [0.29, 0.717) is 18.9 Å². The van der Waals surface area contributed by atoms with Crippen molar-refractivity contribution in [1.29, 1.82) is 0 Å². The van der Waals surface area contributed by atoms with Crippen molar-refractivity contribution in [3.8, 4) is 0 Å². The molecular formula is C16H29NO3. The Morgan fingerprint density at radius 1 is 1.35 bits per heavy atom. The molecular weight excluding hydrogens is 254 g/mol. The summed E-state index contributed by atoms with van der Waals surface area (Å²) in [6.07, 6.45) is 4.06. The van der Waals surface area contributed by atoms with Crippen LogP contribution in [-0.2, 0) is 14.3 Å². The van der Waals surface area contributed by atoms with Gasteiger partial charge in [-0.05, 0) is 38.0 Å². The quantitative estimate of drug-likeness (QED) is 0.743. The van der Waals surface area contributed by atoms with Crippen molar-refractivity contribution in [1.82, 2.24) is 4.90 Å². The lowest BCUT2D eigenvalue weighted by Crippen LogP contribution is -2.59. The first-order valence-electron chi connectivity index (χ1n) is 8.07. The highest BCUT2D eigenvalue weighted by atomic mass is 16.5. The number of ether oxygens (including phenoxy) is 2. The maximum absolute atomic E-state index is 12.1. The highest BCUT2D eigenvalue weighted by Crippen LogP contribution is 2.43. The van der Waals surface area contributed by atoms with E-state index in [9.17, 15) is 4.79 Å². The fraction of sp³-hybridized carbons (Fsp3) is 0.938. The number of nitrogens with zero attached hydrogens (tertiary/aromatic N) is 1. The lowest BCUT2D eigenvalue weighted by molar-refractivity contribution is -0.151. The molecule has 0 aromatic rings. The molecule has 1 saturated heterocycles. The summed E-state index contributed by atoms with van der Waals surface area (Å²) in [5.41, 5.74) is -0.0114. The van der Waals surface area contributed by atoms with Crippen molar-refractivity contribution in [2.24, 2.45) is 11.8 Å². The average Bonchev–Trinajstić information content (AvgIpc) is 2.43. The molecule has 0 spiro atoms. The monoisotopic (exact) mass is 283 g/mol. The van der Waals surface area contributed by atoms with Gasteiger partial charge in [-0.3, -0.25) is 9.69 Å². The van der Waals surface area contributed by atoms with Crippen LogP contribution >= 0.6 is 0 Å². The Balaban J connectivity index is 2.15. The topological polar surface area (TPSA) is 38.8 Å². The second kappa shape index (κ2) is 6.90. The molecule has 4 nitrogen and oxygen atoms in total. The summed E-state index contributed by atoms with van der Waals surface area (Å²) in [5, 5.41) is 0. The van der Waals surface area contributed by atoms with E-state index >= 15 is 0 Å². The maximum Gasteiger partial charge on any atom is 0.307 e. The summed E-state index contributed by atoms with van der Waals surface area (Å²) >= 11 is 0. The van der Waals surface area contributed by atoms with E-state index in [0.717, 1.165) is 38.6 Å². The molecule has 3 unspecified atom stereocenters. The average molecular weight is 283 g/mol. The first kappa shape index (κ1) is 15.8. The third-order valence-corrected chi connectivity index (χ3v) is 5.14. The van der Waals surface area contributed by atoms with Crippen LogP contribution in [0.2, 0.25) is 0 Å². The zero-order chi connectivity index (χ0) is 14.6. The van der Waals surface area contributed by atoms with E-state index in [4.69, 9.17) is 9.47 Å². The molecule has 2 rings (SSSR count). The Bertz CT molecular complexity index is 328. The predicted molar refractivity (Wildman–Crippen MR) is 78.6 cm³/mol. The molecule has 0 aromatic heterocycles. The Labute approximate surface area is 122 Å². The molecule has 2 aliphatic rings. The maximum atomic E-state index is 12.1. The van der Waals surface area contributed by atoms with Crippen LogP contribution in [0.15, 0.2) is 0 Å². The summed E-state index contributed by atoms with van der Waals surface area (Å²) in [7, 11) is 0. The van der Waals surface area contributed by atoms with Crippen LogP contribution in [0.4, 0.5) is 0 Å². The van der Waals surface area contributed by atoms with Crippen LogP contribution < -0.4 is 0 Å². The van der Waals surface area contributed by atoms with Gasteiger partial charge in [-0.15, -0.1) is 0 Å². The van der Waals surface area contributed by atoms with E-state index < -0.39 is 0 Å². The molecule has 1 saturated carbocycles. The van der Waals surface area contributed by atoms with Crippen molar-refractivity contribution in [3.05, 3.63) is 0 Å². The second-order valence-electron chi connectivity index (χ2n) is 6.47. The predicted octanol–water partition coefficient (Wildman–Crippen LogP) is 2.47. The largest absolute Gasteiger partial charge is 0.466 e. The van der Waals surface area contributed by atoms with Gasteiger partial charge in [-0.25, -0.2) is 0 Å². The van der Waals surface area contributed by atoms with Crippen molar-refractivity contribution in [2.75, 3.05) is 32.9 Å². The minimum Gasteiger partial charge on any atom is -0.466 e. The Kier molecular flexibility index (Phi) is 5.44. The van der Waals surface area contributed by atoms with Crippen LogP contribution in [-0.4, -0.2) is 49.3 Å². The number of carbonyl (C=O) groups excluding carboxylic acids is 1. The number of esters is 1. The molecule has 0 N–H and O–H groups in total.